The molecule has 1 aliphatic rings. The summed E-state index contributed by atoms with van der Waals surface area (Å²) >= 11 is 11.9. The molecular formula is C16H11Cl2NO3. The molecule has 0 aromatic heterocycles. The summed E-state index contributed by atoms with van der Waals surface area (Å²) in [5.41, 5.74) is 0.544. The Hall–Kier alpha value is -2.04. The zero-order valence-corrected chi connectivity index (χ0v) is 12.9. The molecule has 0 unspecified atom stereocenters. The van der Waals surface area contributed by atoms with Crippen molar-refractivity contribution in [3.8, 4) is 11.5 Å². The lowest BCUT2D eigenvalue weighted by atomic mass is 10.2. The molecule has 112 valence electrons. The molecule has 0 atom stereocenters. The van der Waals surface area contributed by atoms with Crippen LogP contribution in [0.3, 0.4) is 0 Å². The molecule has 22 heavy (non-hydrogen) atoms. The smallest absolute Gasteiger partial charge is 0.234 e. The third kappa shape index (κ3) is 2.93. The molecule has 0 N–H and O–H groups in total. The van der Waals surface area contributed by atoms with Gasteiger partial charge in [0.1, 0.15) is 11.5 Å². The van der Waals surface area contributed by atoms with E-state index in [1.807, 2.05) is 0 Å². The lowest BCUT2D eigenvalue weighted by molar-refractivity contribution is -0.121. The van der Waals surface area contributed by atoms with E-state index in [0.717, 1.165) is 0 Å². The molecule has 0 radical (unpaired) electrons. The lowest BCUT2D eigenvalue weighted by Crippen LogP contribution is -2.28. The van der Waals surface area contributed by atoms with E-state index < -0.39 is 0 Å². The van der Waals surface area contributed by atoms with Gasteiger partial charge < -0.3 is 4.74 Å². The van der Waals surface area contributed by atoms with Crippen molar-refractivity contribution in [2.24, 2.45) is 0 Å². The van der Waals surface area contributed by atoms with Crippen molar-refractivity contribution >= 4 is 40.7 Å². The number of ether oxygens (including phenoxy) is 1. The van der Waals surface area contributed by atoms with Crippen LogP contribution in [0.2, 0.25) is 10.0 Å². The van der Waals surface area contributed by atoms with Crippen molar-refractivity contribution < 1.29 is 14.3 Å². The van der Waals surface area contributed by atoms with Gasteiger partial charge in [-0.05, 0) is 42.5 Å². The number of carbonyl (C=O) groups excluding carboxylic acids is 2. The lowest BCUT2D eigenvalue weighted by Gasteiger charge is -2.14. The predicted octanol–water partition coefficient (Wildman–Crippen LogP) is 4.44. The van der Waals surface area contributed by atoms with E-state index in [9.17, 15) is 9.59 Å². The SMILES string of the molecule is O=C1CCC(=O)N1c1ccc(Oc2ccc(Cl)cc2Cl)cc1. The minimum Gasteiger partial charge on any atom is -0.456 e. The number of benzene rings is 2. The Kier molecular flexibility index (Phi) is 4.05. The summed E-state index contributed by atoms with van der Waals surface area (Å²) in [7, 11) is 0. The van der Waals surface area contributed by atoms with Crippen LogP contribution < -0.4 is 9.64 Å². The number of carbonyl (C=O) groups is 2. The Morgan fingerprint density at radius 3 is 2.14 bits per heavy atom. The normalized spacial score (nSPS) is 14.5. The first-order valence-electron chi connectivity index (χ1n) is 6.63. The second-order valence-corrected chi connectivity index (χ2v) is 5.64. The standard InChI is InChI=1S/C16H11Cl2NO3/c17-10-1-6-14(13(18)9-10)22-12-4-2-11(3-5-12)19-15(20)7-8-16(19)21/h1-6,9H,7-8H2. The highest BCUT2D eigenvalue weighted by Crippen LogP contribution is 2.32. The molecule has 3 rings (SSSR count). The molecule has 4 nitrogen and oxygen atoms in total. The van der Waals surface area contributed by atoms with Crippen LogP contribution in [-0.2, 0) is 9.59 Å². The molecule has 1 aliphatic heterocycles. The minimum atomic E-state index is -0.181. The van der Waals surface area contributed by atoms with Crippen molar-refractivity contribution in [3.63, 3.8) is 0 Å². The summed E-state index contributed by atoms with van der Waals surface area (Å²) in [5, 5.41) is 0.931. The highest BCUT2D eigenvalue weighted by molar-refractivity contribution is 6.35. The summed E-state index contributed by atoms with van der Waals surface area (Å²) in [6.07, 6.45) is 0.523. The predicted molar refractivity (Wildman–Crippen MR) is 84.7 cm³/mol. The van der Waals surface area contributed by atoms with Gasteiger partial charge in [-0.3, -0.25) is 14.5 Å². The average molecular weight is 336 g/mol. The monoisotopic (exact) mass is 335 g/mol. The number of rotatable bonds is 3. The van der Waals surface area contributed by atoms with Crippen molar-refractivity contribution in [2.75, 3.05) is 4.90 Å². The molecule has 0 bridgehead atoms. The first-order valence-corrected chi connectivity index (χ1v) is 7.39. The first kappa shape index (κ1) is 14.9. The van der Waals surface area contributed by atoms with Gasteiger partial charge in [-0.15, -0.1) is 0 Å². The Morgan fingerprint density at radius 2 is 1.55 bits per heavy atom. The third-order valence-electron chi connectivity index (χ3n) is 3.27. The Bertz CT molecular complexity index is 728. The van der Waals surface area contributed by atoms with E-state index in [2.05, 4.69) is 0 Å². The van der Waals surface area contributed by atoms with Crippen LogP contribution >= 0.6 is 23.2 Å². The van der Waals surface area contributed by atoms with Gasteiger partial charge in [-0.1, -0.05) is 23.2 Å². The highest BCUT2D eigenvalue weighted by Gasteiger charge is 2.30. The van der Waals surface area contributed by atoms with Gasteiger partial charge in [-0.25, -0.2) is 0 Å². The molecule has 0 aliphatic carbocycles. The number of hydrogen-bond acceptors (Lipinski definition) is 3. The van der Waals surface area contributed by atoms with Gasteiger partial charge in [0.2, 0.25) is 11.8 Å². The Morgan fingerprint density at radius 1 is 0.909 bits per heavy atom. The van der Waals surface area contributed by atoms with E-state index >= 15 is 0 Å². The summed E-state index contributed by atoms with van der Waals surface area (Å²) in [6, 6.07) is 11.6. The molecule has 6 heteroatoms. The molecular weight excluding hydrogens is 325 g/mol. The van der Waals surface area contributed by atoms with Crippen LogP contribution in [0, 0.1) is 0 Å². The van der Waals surface area contributed by atoms with Crippen molar-refractivity contribution in [1.82, 2.24) is 0 Å². The zero-order chi connectivity index (χ0) is 15.7. The van der Waals surface area contributed by atoms with E-state index in [4.69, 9.17) is 27.9 Å². The largest absolute Gasteiger partial charge is 0.456 e. The first-order chi connectivity index (χ1) is 10.5. The number of amides is 2. The second kappa shape index (κ2) is 5.99. The average Bonchev–Trinajstić information content (AvgIpc) is 2.82. The van der Waals surface area contributed by atoms with Gasteiger partial charge in [-0.2, -0.15) is 0 Å². The topological polar surface area (TPSA) is 46.6 Å². The van der Waals surface area contributed by atoms with E-state index in [0.29, 0.717) is 27.2 Å². The van der Waals surface area contributed by atoms with Crippen LogP contribution in [0.5, 0.6) is 11.5 Å². The number of anilines is 1. The van der Waals surface area contributed by atoms with Crippen LogP contribution in [0.1, 0.15) is 12.8 Å². The van der Waals surface area contributed by atoms with Crippen LogP contribution in [0.25, 0.3) is 0 Å². The molecule has 0 saturated carbocycles. The van der Waals surface area contributed by atoms with Crippen molar-refractivity contribution in [3.05, 3.63) is 52.5 Å². The maximum atomic E-state index is 11.7. The number of imide groups is 1. The van der Waals surface area contributed by atoms with Crippen molar-refractivity contribution in [1.29, 1.82) is 0 Å². The van der Waals surface area contributed by atoms with Crippen LogP contribution in [0.15, 0.2) is 42.5 Å². The molecule has 0 spiro atoms. The summed E-state index contributed by atoms with van der Waals surface area (Å²) < 4.78 is 5.66. The third-order valence-corrected chi connectivity index (χ3v) is 3.80. The fraction of sp³-hybridized carbons (Fsp3) is 0.125. The van der Waals surface area contributed by atoms with Crippen LogP contribution in [0.4, 0.5) is 5.69 Å². The summed E-state index contributed by atoms with van der Waals surface area (Å²) in [4.78, 5) is 24.6. The Balaban J connectivity index is 1.80. The molecule has 1 heterocycles. The van der Waals surface area contributed by atoms with Crippen LogP contribution in [-0.4, -0.2) is 11.8 Å². The highest BCUT2D eigenvalue weighted by atomic mass is 35.5. The molecule has 1 fully saturated rings. The second-order valence-electron chi connectivity index (χ2n) is 4.79. The van der Waals surface area contributed by atoms with E-state index in [1.165, 1.54) is 4.90 Å². The van der Waals surface area contributed by atoms with Gasteiger partial charge in [0.25, 0.3) is 0 Å². The number of halogens is 2. The summed E-state index contributed by atoms with van der Waals surface area (Å²) in [6.45, 7) is 0. The van der Waals surface area contributed by atoms with Gasteiger partial charge in [0.05, 0.1) is 10.7 Å². The van der Waals surface area contributed by atoms with Gasteiger partial charge in [0, 0.05) is 17.9 Å². The molecule has 2 aromatic rings. The molecule has 2 aromatic carbocycles. The fourth-order valence-corrected chi connectivity index (χ4v) is 2.66. The molecule has 1 saturated heterocycles. The molecule has 2 amide bonds. The minimum absolute atomic E-state index is 0.181. The van der Waals surface area contributed by atoms with Crippen molar-refractivity contribution in [2.45, 2.75) is 12.8 Å². The maximum absolute atomic E-state index is 11.7. The number of hydrogen-bond donors (Lipinski definition) is 0. The maximum Gasteiger partial charge on any atom is 0.234 e. The zero-order valence-electron chi connectivity index (χ0n) is 11.4. The Labute approximate surface area is 137 Å². The number of nitrogens with zero attached hydrogens (tertiary/aromatic N) is 1. The van der Waals surface area contributed by atoms with Gasteiger partial charge >= 0.3 is 0 Å². The summed E-state index contributed by atoms with van der Waals surface area (Å²) in [5.74, 6) is 0.665. The van der Waals surface area contributed by atoms with E-state index in [-0.39, 0.29) is 24.7 Å². The quantitative estimate of drug-likeness (QED) is 0.779. The fourth-order valence-electron chi connectivity index (χ4n) is 2.21. The van der Waals surface area contributed by atoms with Gasteiger partial charge in [0.15, 0.2) is 0 Å². The van der Waals surface area contributed by atoms with E-state index in [1.54, 1.807) is 42.5 Å².